The Morgan fingerprint density at radius 3 is 3.04 bits per heavy atom. The highest BCUT2D eigenvalue weighted by atomic mass is 35.5. The van der Waals surface area contributed by atoms with Crippen molar-refractivity contribution in [2.75, 3.05) is 16.8 Å². The van der Waals surface area contributed by atoms with Crippen LogP contribution in [-0.2, 0) is 9.59 Å². The van der Waals surface area contributed by atoms with Gasteiger partial charge in [0.05, 0.1) is 27.2 Å². The number of hydrogen-bond acceptors (Lipinski definition) is 5. The molecule has 1 aliphatic heterocycles. The van der Waals surface area contributed by atoms with E-state index in [0.29, 0.717) is 32.7 Å². The quantitative estimate of drug-likeness (QED) is 0.674. The molecule has 2 N–H and O–H groups in total. The van der Waals surface area contributed by atoms with Crippen molar-refractivity contribution in [3.8, 4) is 0 Å². The van der Waals surface area contributed by atoms with Gasteiger partial charge in [-0.15, -0.1) is 0 Å². The zero-order valence-corrected chi connectivity index (χ0v) is 15.3. The Kier molecular flexibility index (Phi) is 4.29. The monoisotopic (exact) mass is 387 g/mol. The van der Waals surface area contributed by atoms with Crippen LogP contribution >= 0.6 is 23.4 Å². The number of amides is 2. The normalized spacial score (nSPS) is 14.8. The predicted molar refractivity (Wildman–Crippen MR) is 102 cm³/mol. The fraction of sp³-hybridized carbons (Fsp3) is 0.176. The third-order valence-corrected chi connectivity index (χ3v) is 5.13. The highest BCUT2D eigenvalue weighted by Gasteiger charge is 2.30. The number of aromatic nitrogens is 3. The van der Waals surface area contributed by atoms with Crippen molar-refractivity contribution in [2.24, 2.45) is 0 Å². The molecule has 0 saturated carbocycles. The number of aromatic amines is 1. The summed E-state index contributed by atoms with van der Waals surface area (Å²) in [6.45, 7) is 1.79. The van der Waals surface area contributed by atoms with Gasteiger partial charge in [0.1, 0.15) is 6.54 Å². The maximum Gasteiger partial charge on any atom is 0.244 e. The molecule has 1 aliphatic rings. The number of H-pyrrole nitrogens is 1. The third kappa shape index (κ3) is 3.13. The number of fused-ring (bicyclic) bond motifs is 2. The Bertz CT molecular complexity index is 1020. The summed E-state index contributed by atoms with van der Waals surface area (Å²) in [7, 11) is 0. The highest BCUT2D eigenvalue weighted by Crippen LogP contribution is 2.32. The summed E-state index contributed by atoms with van der Waals surface area (Å²) in [5, 5.41) is 3.42. The van der Waals surface area contributed by atoms with Gasteiger partial charge in [-0.25, -0.2) is 9.97 Å². The summed E-state index contributed by atoms with van der Waals surface area (Å²) >= 11 is 7.21. The van der Waals surface area contributed by atoms with Gasteiger partial charge in [0, 0.05) is 6.20 Å². The molecule has 2 aromatic heterocycles. The number of thioether (sulfide) groups is 1. The number of nitrogens with zero attached hydrogens (tertiary/aromatic N) is 3. The number of nitrogens with one attached hydrogen (secondary N) is 2. The van der Waals surface area contributed by atoms with Crippen molar-refractivity contribution < 1.29 is 9.59 Å². The first kappa shape index (κ1) is 16.9. The van der Waals surface area contributed by atoms with Crippen LogP contribution in [0, 0.1) is 0 Å². The Morgan fingerprint density at radius 1 is 1.38 bits per heavy atom. The van der Waals surface area contributed by atoms with Gasteiger partial charge in [0.15, 0.2) is 10.8 Å². The van der Waals surface area contributed by atoms with Crippen molar-refractivity contribution in [3.05, 3.63) is 41.6 Å². The number of para-hydroxylation sites is 2. The van der Waals surface area contributed by atoms with Gasteiger partial charge in [-0.2, -0.15) is 0 Å². The largest absolute Gasteiger partial charge is 0.331 e. The predicted octanol–water partition coefficient (Wildman–Crippen LogP) is 3.08. The number of benzene rings is 1. The molecule has 2 amide bonds. The molecule has 132 valence electrons. The second kappa shape index (κ2) is 6.62. The van der Waals surface area contributed by atoms with E-state index >= 15 is 0 Å². The molecule has 26 heavy (non-hydrogen) atoms. The van der Waals surface area contributed by atoms with Gasteiger partial charge in [-0.3, -0.25) is 14.5 Å². The Balaban J connectivity index is 1.57. The highest BCUT2D eigenvalue weighted by molar-refractivity contribution is 8.00. The summed E-state index contributed by atoms with van der Waals surface area (Å²) in [5.74, 6) is -0.374. The van der Waals surface area contributed by atoms with E-state index in [2.05, 4.69) is 20.3 Å². The lowest BCUT2D eigenvalue weighted by molar-refractivity contribution is -0.121. The molecule has 9 heteroatoms. The first-order chi connectivity index (χ1) is 12.5. The summed E-state index contributed by atoms with van der Waals surface area (Å²) < 4.78 is 0. The van der Waals surface area contributed by atoms with Crippen LogP contribution in [-0.4, -0.2) is 38.6 Å². The molecule has 7 nitrogen and oxygen atoms in total. The summed E-state index contributed by atoms with van der Waals surface area (Å²) in [6.07, 6.45) is 1.52. The second-order valence-corrected chi connectivity index (χ2v) is 7.58. The van der Waals surface area contributed by atoms with E-state index in [-0.39, 0.29) is 18.4 Å². The third-order valence-electron chi connectivity index (χ3n) is 3.96. The Hall–Kier alpha value is -2.58. The molecular weight excluding hydrogens is 374 g/mol. The lowest BCUT2D eigenvalue weighted by atomic mass is 10.2. The van der Waals surface area contributed by atoms with E-state index in [9.17, 15) is 9.59 Å². The molecule has 0 spiro atoms. The number of hydrogen-bond donors (Lipinski definition) is 2. The van der Waals surface area contributed by atoms with Crippen molar-refractivity contribution in [3.63, 3.8) is 0 Å². The molecule has 0 bridgehead atoms. The average Bonchev–Trinajstić information content (AvgIpc) is 3.01. The van der Waals surface area contributed by atoms with Crippen molar-refractivity contribution in [2.45, 2.75) is 17.3 Å². The van der Waals surface area contributed by atoms with Crippen molar-refractivity contribution >= 4 is 57.7 Å². The standard InChI is InChI=1S/C17H14ClN5O2S/c1-9(26-17-21-12-6-10(18)7-19-15(12)22-17)16(25)23-8-14(24)20-11-4-2-3-5-13(11)23/h2-7,9H,8H2,1H3,(H,20,24)(H,19,21,22)/t9-/m0/s1. The minimum atomic E-state index is -0.440. The molecule has 1 aromatic carbocycles. The molecule has 4 rings (SSSR count). The summed E-state index contributed by atoms with van der Waals surface area (Å²) in [4.78, 5) is 38.0. The van der Waals surface area contributed by atoms with Crippen LogP contribution in [0.3, 0.4) is 0 Å². The van der Waals surface area contributed by atoms with Crippen LogP contribution in [0.4, 0.5) is 11.4 Å². The zero-order valence-electron chi connectivity index (χ0n) is 13.7. The van der Waals surface area contributed by atoms with E-state index in [1.807, 2.05) is 18.2 Å². The van der Waals surface area contributed by atoms with Crippen molar-refractivity contribution in [1.82, 2.24) is 15.0 Å². The van der Waals surface area contributed by atoms with Gasteiger partial charge in [0.2, 0.25) is 11.8 Å². The number of carbonyl (C=O) groups excluding carboxylic acids is 2. The van der Waals surface area contributed by atoms with Gasteiger partial charge in [-0.1, -0.05) is 35.5 Å². The van der Waals surface area contributed by atoms with Crippen LogP contribution in [0.1, 0.15) is 6.92 Å². The summed E-state index contributed by atoms with van der Waals surface area (Å²) in [5.41, 5.74) is 2.58. The fourth-order valence-corrected chi connectivity index (χ4v) is 3.80. The van der Waals surface area contributed by atoms with Crippen LogP contribution in [0.5, 0.6) is 0 Å². The lowest BCUT2D eigenvalue weighted by Gasteiger charge is -2.30. The number of halogens is 1. The van der Waals surface area contributed by atoms with E-state index in [1.165, 1.54) is 22.9 Å². The average molecular weight is 388 g/mol. The van der Waals surface area contributed by atoms with E-state index < -0.39 is 5.25 Å². The SMILES string of the molecule is C[C@H](Sc1nc2ncc(Cl)cc2[nH]1)C(=O)N1CC(=O)Nc2ccccc21. The maximum atomic E-state index is 12.9. The van der Waals surface area contributed by atoms with E-state index in [0.717, 1.165) is 0 Å². The smallest absolute Gasteiger partial charge is 0.244 e. The van der Waals surface area contributed by atoms with E-state index in [1.54, 1.807) is 19.1 Å². The van der Waals surface area contributed by atoms with Crippen LogP contribution < -0.4 is 10.2 Å². The fourth-order valence-electron chi connectivity index (χ4n) is 2.78. The maximum absolute atomic E-state index is 12.9. The number of carbonyl (C=O) groups is 2. The minimum Gasteiger partial charge on any atom is -0.331 e. The minimum absolute atomic E-state index is 0.00194. The van der Waals surface area contributed by atoms with Crippen LogP contribution in [0.15, 0.2) is 41.7 Å². The van der Waals surface area contributed by atoms with Gasteiger partial charge < -0.3 is 10.3 Å². The van der Waals surface area contributed by atoms with Crippen LogP contribution in [0.25, 0.3) is 11.2 Å². The Labute approximate surface area is 158 Å². The van der Waals surface area contributed by atoms with Gasteiger partial charge in [-0.05, 0) is 25.1 Å². The number of rotatable bonds is 3. The first-order valence-corrected chi connectivity index (χ1v) is 9.15. The summed E-state index contributed by atoms with van der Waals surface area (Å²) in [6, 6.07) is 8.98. The molecule has 0 fully saturated rings. The molecule has 1 atom stereocenters. The van der Waals surface area contributed by atoms with Gasteiger partial charge in [0.25, 0.3) is 0 Å². The molecule has 0 unspecified atom stereocenters. The number of anilines is 2. The molecule has 0 radical (unpaired) electrons. The molecule has 3 aromatic rings. The number of pyridine rings is 1. The topological polar surface area (TPSA) is 91.0 Å². The first-order valence-electron chi connectivity index (χ1n) is 7.89. The van der Waals surface area contributed by atoms with Crippen molar-refractivity contribution in [1.29, 1.82) is 0 Å². The van der Waals surface area contributed by atoms with Gasteiger partial charge >= 0.3 is 0 Å². The van der Waals surface area contributed by atoms with E-state index in [4.69, 9.17) is 11.6 Å². The molecule has 3 heterocycles. The second-order valence-electron chi connectivity index (χ2n) is 5.82. The molecular formula is C17H14ClN5O2S. The van der Waals surface area contributed by atoms with Crippen LogP contribution in [0.2, 0.25) is 5.02 Å². The zero-order chi connectivity index (χ0) is 18.3. The molecule has 0 aliphatic carbocycles. The Morgan fingerprint density at radius 2 is 2.19 bits per heavy atom. The number of imidazole rings is 1. The molecule has 0 saturated heterocycles. The lowest BCUT2D eigenvalue weighted by Crippen LogP contribution is -2.45.